The molecule has 0 aliphatic carbocycles. The molecule has 16 heavy (non-hydrogen) atoms. The van der Waals surface area contributed by atoms with Crippen molar-refractivity contribution < 1.29 is 14.6 Å². The minimum absolute atomic E-state index is 0.00764. The largest absolute Gasteiger partial charge is 0.496 e. The second-order valence-electron chi connectivity index (χ2n) is 3.25. The molecule has 2 rings (SSSR count). The number of nitrogen functional groups attached to an aromatic ring is 1. The van der Waals surface area contributed by atoms with Gasteiger partial charge in [0.1, 0.15) is 17.1 Å². The van der Waals surface area contributed by atoms with E-state index >= 15 is 0 Å². The highest BCUT2D eigenvalue weighted by molar-refractivity contribution is 5.99. The van der Waals surface area contributed by atoms with Gasteiger partial charge in [-0.3, -0.25) is 0 Å². The molecule has 0 atom stereocenters. The van der Waals surface area contributed by atoms with Gasteiger partial charge >= 0.3 is 5.97 Å². The molecule has 82 valence electrons. The molecular formula is C11H10N2O3. The zero-order valence-electron chi connectivity index (χ0n) is 8.60. The van der Waals surface area contributed by atoms with Gasteiger partial charge in [0.15, 0.2) is 0 Å². The highest BCUT2D eigenvalue weighted by atomic mass is 16.5. The molecule has 0 fully saturated rings. The molecule has 2 aromatic rings. The molecule has 1 aromatic carbocycles. The van der Waals surface area contributed by atoms with Crippen molar-refractivity contribution in [2.45, 2.75) is 0 Å². The van der Waals surface area contributed by atoms with E-state index in [1.54, 1.807) is 18.2 Å². The molecule has 1 heterocycles. The minimum atomic E-state index is -1.10. The SMILES string of the molecule is COc1cccc2nc(N)c(C(=O)O)cc12. The molecule has 0 aliphatic rings. The van der Waals surface area contributed by atoms with Crippen LogP contribution >= 0.6 is 0 Å². The summed E-state index contributed by atoms with van der Waals surface area (Å²) in [7, 11) is 1.52. The minimum Gasteiger partial charge on any atom is -0.496 e. The Balaban J connectivity index is 2.80. The lowest BCUT2D eigenvalue weighted by atomic mass is 10.1. The van der Waals surface area contributed by atoms with Crippen molar-refractivity contribution in [3.8, 4) is 5.75 Å². The average Bonchev–Trinajstić information content (AvgIpc) is 2.26. The molecule has 1 aromatic heterocycles. The molecule has 0 amide bonds. The van der Waals surface area contributed by atoms with Crippen LogP contribution in [0.5, 0.6) is 5.75 Å². The quantitative estimate of drug-likeness (QED) is 0.798. The van der Waals surface area contributed by atoms with Gasteiger partial charge in [-0.2, -0.15) is 0 Å². The smallest absolute Gasteiger partial charge is 0.339 e. The van der Waals surface area contributed by atoms with Crippen LogP contribution in [0.4, 0.5) is 5.82 Å². The van der Waals surface area contributed by atoms with E-state index in [0.29, 0.717) is 16.7 Å². The second kappa shape index (κ2) is 3.69. The second-order valence-corrected chi connectivity index (χ2v) is 3.25. The van der Waals surface area contributed by atoms with Crippen LogP contribution in [0, 0.1) is 0 Å². The third kappa shape index (κ3) is 1.52. The Hall–Kier alpha value is -2.30. The van der Waals surface area contributed by atoms with Crippen molar-refractivity contribution in [3.63, 3.8) is 0 Å². The predicted molar refractivity (Wildman–Crippen MR) is 59.7 cm³/mol. The maximum absolute atomic E-state index is 10.9. The van der Waals surface area contributed by atoms with Gasteiger partial charge in [0, 0.05) is 5.39 Å². The number of carboxylic acids is 1. The van der Waals surface area contributed by atoms with Gasteiger partial charge in [-0.1, -0.05) is 6.07 Å². The lowest BCUT2D eigenvalue weighted by Gasteiger charge is -2.07. The standard InChI is InChI=1S/C11H10N2O3/c1-16-9-4-2-3-8-6(9)5-7(11(14)15)10(12)13-8/h2-5H,1H3,(H2,12,13)(H,14,15). The topological polar surface area (TPSA) is 85.4 Å². The number of fused-ring (bicyclic) bond motifs is 1. The van der Waals surface area contributed by atoms with Crippen LogP contribution in [-0.4, -0.2) is 23.2 Å². The normalized spacial score (nSPS) is 10.3. The van der Waals surface area contributed by atoms with Crippen LogP contribution in [0.3, 0.4) is 0 Å². The van der Waals surface area contributed by atoms with Crippen LogP contribution in [0.1, 0.15) is 10.4 Å². The van der Waals surface area contributed by atoms with E-state index in [-0.39, 0.29) is 11.4 Å². The number of hydrogen-bond acceptors (Lipinski definition) is 4. The maximum atomic E-state index is 10.9. The Bertz CT molecular complexity index is 566. The summed E-state index contributed by atoms with van der Waals surface area (Å²) in [5.74, 6) is -0.515. The van der Waals surface area contributed by atoms with E-state index in [1.807, 2.05) is 0 Å². The highest BCUT2D eigenvalue weighted by Crippen LogP contribution is 2.26. The van der Waals surface area contributed by atoms with Crippen molar-refractivity contribution in [2.24, 2.45) is 0 Å². The van der Waals surface area contributed by atoms with E-state index in [1.165, 1.54) is 13.2 Å². The van der Waals surface area contributed by atoms with Crippen molar-refractivity contribution in [1.82, 2.24) is 4.98 Å². The first-order chi connectivity index (χ1) is 7.63. The number of carbonyl (C=O) groups is 1. The van der Waals surface area contributed by atoms with Crippen LogP contribution in [0.25, 0.3) is 10.9 Å². The zero-order chi connectivity index (χ0) is 11.7. The molecule has 0 saturated carbocycles. The number of aromatic carboxylic acids is 1. The van der Waals surface area contributed by atoms with Gasteiger partial charge in [0.25, 0.3) is 0 Å². The Morgan fingerprint density at radius 1 is 1.50 bits per heavy atom. The number of anilines is 1. The van der Waals surface area contributed by atoms with Gasteiger partial charge in [-0.15, -0.1) is 0 Å². The first-order valence-corrected chi connectivity index (χ1v) is 4.60. The van der Waals surface area contributed by atoms with E-state index < -0.39 is 5.97 Å². The van der Waals surface area contributed by atoms with Crippen molar-refractivity contribution in [1.29, 1.82) is 0 Å². The van der Waals surface area contributed by atoms with Crippen LogP contribution in [-0.2, 0) is 0 Å². The zero-order valence-corrected chi connectivity index (χ0v) is 8.60. The van der Waals surface area contributed by atoms with Crippen LogP contribution in [0.2, 0.25) is 0 Å². The number of pyridine rings is 1. The summed E-state index contributed by atoms with van der Waals surface area (Å²) in [5, 5.41) is 9.56. The van der Waals surface area contributed by atoms with E-state index in [2.05, 4.69) is 4.98 Å². The van der Waals surface area contributed by atoms with Gasteiger partial charge in [-0.25, -0.2) is 9.78 Å². The summed E-state index contributed by atoms with van der Waals surface area (Å²) in [6.45, 7) is 0. The number of nitrogens with two attached hydrogens (primary N) is 1. The lowest BCUT2D eigenvalue weighted by molar-refractivity contribution is 0.0698. The van der Waals surface area contributed by atoms with Gasteiger partial charge < -0.3 is 15.6 Å². The van der Waals surface area contributed by atoms with Crippen molar-refractivity contribution in [2.75, 3.05) is 12.8 Å². The highest BCUT2D eigenvalue weighted by Gasteiger charge is 2.12. The summed E-state index contributed by atoms with van der Waals surface area (Å²) in [5.41, 5.74) is 6.14. The lowest BCUT2D eigenvalue weighted by Crippen LogP contribution is -2.04. The average molecular weight is 218 g/mol. The number of benzene rings is 1. The number of hydrogen-bond donors (Lipinski definition) is 2. The predicted octanol–water partition coefficient (Wildman–Crippen LogP) is 1.52. The number of rotatable bonds is 2. The molecule has 5 heteroatoms. The molecule has 3 N–H and O–H groups in total. The number of methoxy groups -OCH3 is 1. The summed E-state index contributed by atoms with van der Waals surface area (Å²) in [4.78, 5) is 14.9. The molecule has 0 saturated heterocycles. The van der Waals surface area contributed by atoms with E-state index in [9.17, 15) is 4.79 Å². The Kier molecular flexibility index (Phi) is 2.36. The summed E-state index contributed by atoms with van der Waals surface area (Å²) < 4.78 is 5.13. The Labute approximate surface area is 91.5 Å². The number of aromatic nitrogens is 1. The fourth-order valence-corrected chi connectivity index (χ4v) is 1.53. The molecule has 0 bridgehead atoms. The number of ether oxygens (including phenoxy) is 1. The summed E-state index contributed by atoms with van der Waals surface area (Å²) in [6.07, 6.45) is 0. The first-order valence-electron chi connectivity index (χ1n) is 4.60. The fourth-order valence-electron chi connectivity index (χ4n) is 1.53. The molecule has 5 nitrogen and oxygen atoms in total. The van der Waals surface area contributed by atoms with Gasteiger partial charge in [-0.05, 0) is 18.2 Å². The third-order valence-corrected chi connectivity index (χ3v) is 2.30. The van der Waals surface area contributed by atoms with Crippen LogP contribution < -0.4 is 10.5 Å². The number of carboxylic acid groups (broad SMARTS) is 1. The van der Waals surface area contributed by atoms with Crippen LogP contribution in [0.15, 0.2) is 24.3 Å². The molecule has 0 radical (unpaired) electrons. The van der Waals surface area contributed by atoms with Gasteiger partial charge in [0.2, 0.25) is 0 Å². The Morgan fingerprint density at radius 3 is 2.88 bits per heavy atom. The van der Waals surface area contributed by atoms with E-state index in [0.717, 1.165) is 0 Å². The molecule has 0 aliphatic heterocycles. The molecule has 0 spiro atoms. The number of nitrogens with zero attached hydrogens (tertiary/aromatic N) is 1. The summed E-state index contributed by atoms with van der Waals surface area (Å²) >= 11 is 0. The monoisotopic (exact) mass is 218 g/mol. The molecule has 0 unspecified atom stereocenters. The third-order valence-electron chi connectivity index (χ3n) is 2.30. The van der Waals surface area contributed by atoms with Crippen molar-refractivity contribution >= 4 is 22.7 Å². The maximum Gasteiger partial charge on any atom is 0.339 e. The summed E-state index contributed by atoms with van der Waals surface area (Å²) in [6, 6.07) is 6.73. The Morgan fingerprint density at radius 2 is 2.25 bits per heavy atom. The van der Waals surface area contributed by atoms with Gasteiger partial charge in [0.05, 0.1) is 12.6 Å². The first kappa shape index (κ1) is 10.2. The van der Waals surface area contributed by atoms with Crippen molar-refractivity contribution in [3.05, 3.63) is 29.8 Å². The fraction of sp³-hybridized carbons (Fsp3) is 0.0909. The molecular weight excluding hydrogens is 208 g/mol. The van der Waals surface area contributed by atoms with E-state index in [4.69, 9.17) is 15.6 Å².